The van der Waals surface area contributed by atoms with Crippen molar-refractivity contribution in [1.82, 2.24) is 34.2 Å². The molecule has 0 saturated carbocycles. The number of anilines is 1. The number of halogens is 3. The van der Waals surface area contributed by atoms with Crippen LogP contribution in [0.1, 0.15) is 11.5 Å². The van der Waals surface area contributed by atoms with E-state index in [1.165, 1.54) is 22.3 Å². The molecule has 4 aromatic rings. The van der Waals surface area contributed by atoms with Crippen LogP contribution in [0.15, 0.2) is 70.3 Å². The highest BCUT2D eigenvalue weighted by Crippen LogP contribution is 2.30. The molecule has 0 bridgehead atoms. The number of benzene rings is 2. The van der Waals surface area contributed by atoms with E-state index in [1.54, 1.807) is 12.1 Å². The van der Waals surface area contributed by atoms with E-state index in [-0.39, 0.29) is 29.4 Å². The summed E-state index contributed by atoms with van der Waals surface area (Å²) >= 11 is 0. The molecule has 232 valence electrons. The first-order valence-corrected chi connectivity index (χ1v) is 15.6. The lowest BCUT2D eigenvalue weighted by molar-refractivity contribution is -0.159. The van der Waals surface area contributed by atoms with E-state index in [2.05, 4.69) is 53.6 Å². The monoisotopic (exact) mass is 628 g/mol. The molecule has 0 radical (unpaired) electrons. The Morgan fingerprint density at radius 3 is 2.16 bits per heavy atom. The summed E-state index contributed by atoms with van der Waals surface area (Å²) in [5.41, 5.74) is 3.38. The smallest absolute Gasteiger partial charge is 0.338 e. The number of sulfonamides is 1. The molecular formula is C29H31F3N8O3S. The van der Waals surface area contributed by atoms with Gasteiger partial charge in [-0.1, -0.05) is 35.5 Å². The predicted octanol–water partition coefficient (Wildman–Crippen LogP) is 3.47. The number of rotatable bonds is 7. The maximum absolute atomic E-state index is 13.4. The maximum atomic E-state index is 13.4. The van der Waals surface area contributed by atoms with E-state index in [9.17, 15) is 21.6 Å². The van der Waals surface area contributed by atoms with E-state index >= 15 is 0 Å². The van der Waals surface area contributed by atoms with Crippen LogP contribution in [-0.2, 0) is 22.7 Å². The molecule has 0 amide bonds. The quantitative estimate of drug-likeness (QED) is 0.302. The molecule has 2 aromatic heterocycles. The average Bonchev–Trinajstić information content (AvgIpc) is 3.54. The molecule has 0 aliphatic carbocycles. The first kappa shape index (κ1) is 30.1. The average molecular weight is 629 g/mol. The number of hydrogen-bond acceptors (Lipinski definition) is 10. The number of likely N-dealkylation sites (N-methyl/N-ethyl adjacent to an activating group) is 1. The van der Waals surface area contributed by atoms with Gasteiger partial charge in [-0.15, -0.1) is 0 Å². The number of hydrogen-bond donors (Lipinski definition) is 0. The fourth-order valence-electron chi connectivity index (χ4n) is 5.27. The third-order valence-corrected chi connectivity index (χ3v) is 9.75. The Hall–Kier alpha value is -3.92. The second-order valence-electron chi connectivity index (χ2n) is 10.9. The van der Waals surface area contributed by atoms with Gasteiger partial charge in [0.1, 0.15) is 0 Å². The van der Waals surface area contributed by atoms with Gasteiger partial charge in [0.25, 0.3) is 0 Å². The summed E-state index contributed by atoms with van der Waals surface area (Å²) < 4.78 is 70.7. The lowest BCUT2D eigenvalue weighted by Gasteiger charge is -2.34. The molecule has 2 aromatic carbocycles. The molecule has 11 nitrogen and oxygen atoms in total. The van der Waals surface area contributed by atoms with Crippen LogP contribution >= 0.6 is 0 Å². The molecule has 2 aliphatic heterocycles. The van der Waals surface area contributed by atoms with Crippen molar-refractivity contribution in [3.63, 3.8) is 0 Å². The highest BCUT2D eigenvalue weighted by atomic mass is 32.2. The van der Waals surface area contributed by atoms with Gasteiger partial charge in [-0.05, 0) is 41.9 Å². The molecule has 0 N–H and O–H groups in total. The summed E-state index contributed by atoms with van der Waals surface area (Å²) in [7, 11) is -1.57. The minimum absolute atomic E-state index is 0.166. The van der Waals surface area contributed by atoms with E-state index in [0.717, 1.165) is 43.9 Å². The number of aromatic nitrogens is 4. The fraction of sp³-hybridized carbons (Fsp3) is 0.379. The number of alkyl halides is 3. The molecule has 0 spiro atoms. The van der Waals surface area contributed by atoms with Crippen LogP contribution in [-0.4, -0.2) is 102 Å². The first-order chi connectivity index (χ1) is 21.1. The van der Waals surface area contributed by atoms with Crippen LogP contribution in [0.3, 0.4) is 0 Å². The minimum Gasteiger partial charge on any atom is -0.338 e. The summed E-state index contributed by atoms with van der Waals surface area (Å²) in [4.78, 5) is 18.6. The lowest BCUT2D eigenvalue weighted by atomic mass is 10.0. The Morgan fingerprint density at radius 1 is 0.841 bits per heavy atom. The summed E-state index contributed by atoms with van der Waals surface area (Å²) in [6.07, 6.45) is -2.13. The van der Waals surface area contributed by atoms with E-state index in [0.29, 0.717) is 19.0 Å². The molecular weight excluding hydrogens is 597 g/mol. The molecule has 2 fully saturated rings. The molecule has 4 heterocycles. The van der Waals surface area contributed by atoms with Gasteiger partial charge in [-0.3, -0.25) is 4.90 Å². The number of piperazine rings is 2. The predicted molar refractivity (Wildman–Crippen MR) is 156 cm³/mol. The van der Waals surface area contributed by atoms with Crippen molar-refractivity contribution in [3.8, 4) is 22.5 Å². The van der Waals surface area contributed by atoms with Crippen LogP contribution in [0, 0.1) is 0 Å². The molecule has 44 heavy (non-hydrogen) atoms. The normalized spacial score (nSPS) is 17.7. The van der Waals surface area contributed by atoms with Crippen LogP contribution in [0.2, 0.25) is 0 Å². The highest BCUT2D eigenvalue weighted by molar-refractivity contribution is 7.89. The minimum atomic E-state index is -4.75. The van der Waals surface area contributed by atoms with Crippen LogP contribution in [0.4, 0.5) is 19.1 Å². The molecule has 15 heteroatoms. The van der Waals surface area contributed by atoms with Crippen LogP contribution in [0.5, 0.6) is 0 Å². The summed E-state index contributed by atoms with van der Waals surface area (Å²) in [5.74, 6) is -1.40. The fourth-order valence-corrected chi connectivity index (χ4v) is 6.69. The summed E-state index contributed by atoms with van der Waals surface area (Å²) in [5, 5.41) is 3.33. The Bertz CT molecular complexity index is 1680. The van der Waals surface area contributed by atoms with Gasteiger partial charge >= 0.3 is 12.1 Å². The van der Waals surface area contributed by atoms with Crippen molar-refractivity contribution >= 4 is 16.0 Å². The van der Waals surface area contributed by atoms with E-state index < -0.39 is 22.1 Å². The summed E-state index contributed by atoms with van der Waals surface area (Å²) in [6.45, 7) is 6.23. The van der Waals surface area contributed by atoms with Crippen molar-refractivity contribution in [2.45, 2.75) is 17.6 Å². The zero-order chi connectivity index (χ0) is 30.9. The lowest BCUT2D eigenvalue weighted by Crippen LogP contribution is -2.49. The third-order valence-electron chi connectivity index (χ3n) is 7.84. The van der Waals surface area contributed by atoms with Crippen molar-refractivity contribution in [2.75, 3.05) is 64.3 Å². The van der Waals surface area contributed by atoms with Crippen molar-refractivity contribution in [1.29, 1.82) is 0 Å². The Morgan fingerprint density at radius 2 is 1.52 bits per heavy atom. The highest BCUT2D eigenvalue weighted by Gasteiger charge is 2.38. The van der Waals surface area contributed by atoms with Gasteiger partial charge in [0.15, 0.2) is 0 Å². The van der Waals surface area contributed by atoms with Crippen molar-refractivity contribution < 1.29 is 26.1 Å². The topological polar surface area (TPSA) is 112 Å². The van der Waals surface area contributed by atoms with E-state index in [1.807, 2.05) is 29.2 Å². The molecule has 0 atom stereocenters. The second kappa shape index (κ2) is 12.2. The molecule has 0 unspecified atom stereocenters. The molecule has 6 rings (SSSR count). The Kier molecular flexibility index (Phi) is 8.37. The zero-order valence-corrected chi connectivity index (χ0v) is 24.8. The van der Waals surface area contributed by atoms with Gasteiger partial charge in [0, 0.05) is 71.3 Å². The summed E-state index contributed by atoms with van der Waals surface area (Å²) in [6, 6.07) is 15.3. The zero-order valence-electron chi connectivity index (χ0n) is 24.0. The Labute approximate surface area is 253 Å². The molecule has 2 aliphatic rings. The number of nitrogens with zero attached hydrogens (tertiary/aromatic N) is 8. The van der Waals surface area contributed by atoms with E-state index in [4.69, 9.17) is 0 Å². The van der Waals surface area contributed by atoms with Gasteiger partial charge < -0.3 is 14.3 Å². The van der Waals surface area contributed by atoms with Crippen LogP contribution in [0.25, 0.3) is 22.5 Å². The third kappa shape index (κ3) is 6.60. The van der Waals surface area contributed by atoms with Crippen molar-refractivity contribution in [3.05, 3.63) is 72.4 Å². The standard InChI is InChI=1S/C29H31F3N8O3S/c1-37-9-11-38(12-10-37)20-21-3-2-4-23(17-21)22-5-7-25(8-6-22)44(41,42)40-15-13-39(14-16-40)28-33-18-24(19-34-28)26-35-27(43-36-26)29(30,31)32/h2-8,17-19H,9-16,20H2,1H3. The Balaban J connectivity index is 1.06. The SMILES string of the molecule is CN1CCN(Cc2cccc(-c3ccc(S(=O)(=O)N4CCN(c5ncc(-c6noc(C(F)(F)F)n6)cn5)CC4)cc3)c2)CC1. The van der Waals surface area contributed by atoms with Crippen LogP contribution < -0.4 is 4.90 Å². The van der Waals surface area contributed by atoms with Crippen molar-refractivity contribution in [2.24, 2.45) is 0 Å². The van der Waals surface area contributed by atoms with Gasteiger partial charge in [0.2, 0.25) is 21.8 Å². The first-order valence-electron chi connectivity index (χ1n) is 14.1. The maximum Gasteiger partial charge on any atom is 0.471 e. The van der Waals surface area contributed by atoms with Gasteiger partial charge in [-0.2, -0.15) is 22.5 Å². The largest absolute Gasteiger partial charge is 0.471 e. The molecule has 2 saturated heterocycles. The van der Waals surface area contributed by atoms with Gasteiger partial charge in [-0.25, -0.2) is 18.4 Å². The second-order valence-corrected chi connectivity index (χ2v) is 12.8. The van der Waals surface area contributed by atoms with Gasteiger partial charge in [0.05, 0.1) is 10.5 Å².